The first-order chi connectivity index (χ1) is 12.6. The van der Waals surface area contributed by atoms with Gasteiger partial charge in [0, 0.05) is 29.4 Å². The molecule has 1 aliphatic heterocycles. The summed E-state index contributed by atoms with van der Waals surface area (Å²) in [5.74, 6) is 0.513. The van der Waals surface area contributed by atoms with Crippen molar-refractivity contribution in [3.05, 3.63) is 54.1 Å². The van der Waals surface area contributed by atoms with Crippen LogP contribution >= 0.6 is 0 Å². The molecule has 0 radical (unpaired) electrons. The lowest BCUT2D eigenvalue weighted by Gasteiger charge is -2.11. The molecule has 3 rings (SSSR count). The maximum atomic E-state index is 12.3. The highest BCUT2D eigenvalue weighted by Gasteiger charge is 2.17. The van der Waals surface area contributed by atoms with Crippen molar-refractivity contribution in [3.63, 3.8) is 0 Å². The Morgan fingerprint density at radius 1 is 1.04 bits per heavy atom. The molecule has 0 saturated carbocycles. The number of benzene rings is 2. The molecule has 1 unspecified atom stereocenters. The summed E-state index contributed by atoms with van der Waals surface area (Å²) in [5, 5.41) is 9.01. The number of amides is 2. The predicted molar refractivity (Wildman–Crippen MR) is 102 cm³/mol. The van der Waals surface area contributed by atoms with Gasteiger partial charge in [0.2, 0.25) is 5.91 Å². The SMILES string of the molecule is COc1ccc(NC(=O)c2ccc(NC(=O)CC3CCCN3)cc2)cc1. The zero-order valence-electron chi connectivity index (χ0n) is 14.7. The lowest BCUT2D eigenvalue weighted by Crippen LogP contribution is -2.27. The van der Waals surface area contributed by atoms with E-state index in [0.717, 1.165) is 25.1 Å². The molecule has 0 bridgehead atoms. The Hall–Kier alpha value is -2.86. The number of nitrogens with one attached hydrogen (secondary N) is 3. The normalized spacial score (nSPS) is 16.1. The maximum Gasteiger partial charge on any atom is 0.255 e. The molecular formula is C20H23N3O3. The van der Waals surface area contributed by atoms with Crippen LogP contribution in [0.2, 0.25) is 0 Å². The standard InChI is InChI=1S/C20H23N3O3/c1-26-18-10-8-16(9-11-18)23-20(25)14-4-6-15(7-5-14)22-19(24)13-17-3-2-12-21-17/h4-11,17,21H,2-3,12-13H2,1H3,(H,22,24)(H,23,25). The van der Waals surface area contributed by atoms with Crippen molar-refractivity contribution < 1.29 is 14.3 Å². The summed E-state index contributed by atoms with van der Waals surface area (Å²) in [6.07, 6.45) is 2.63. The molecule has 0 aromatic heterocycles. The summed E-state index contributed by atoms with van der Waals surface area (Å²) in [5.41, 5.74) is 1.91. The molecular weight excluding hydrogens is 330 g/mol. The van der Waals surface area contributed by atoms with Crippen molar-refractivity contribution in [1.29, 1.82) is 0 Å². The average Bonchev–Trinajstić information content (AvgIpc) is 3.15. The van der Waals surface area contributed by atoms with Crippen LogP contribution in [0.15, 0.2) is 48.5 Å². The number of hydrogen-bond acceptors (Lipinski definition) is 4. The van der Waals surface area contributed by atoms with Crippen molar-refractivity contribution >= 4 is 23.2 Å². The highest BCUT2D eigenvalue weighted by molar-refractivity contribution is 6.04. The molecule has 1 fully saturated rings. The summed E-state index contributed by atoms with van der Waals surface area (Å²) in [4.78, 5) is 24.3. The summed E-state index contributed by atoms with van der Waals surface area (Å²) < 4.78 is 5.09. The van der Waals surface area contributed by atoms with Crippen molar-refractivity contribution in [2.45, 2.75) is 25.3 Å². The lowest BCUT2D eigenvalue weighted by atomic mass is 10.1. The highest BCUT2D eigenvalue weighted by atomic mass is 16.5. The molecule has 2 aromatic carbocycles. The van der Waals surface area contributed by atoms with Gasteiger partial charge in [-0.15, -0.1) is 0 Å². The minimum absolute atomic E-state index is 0.0140. The van der Waals surface area contributed by atoms with E-state index in [1.807, 2.05) is 0 Å². The van der Waals surface area contributed by atoms with E-state index in [1.54, 1.807) is 55.6 Å². The predicted octanol–water partition coefficient (Wildman–Crippen LogP) is 3.03. The van der Waals surface area contributed by atoms with E-state index in [4.69, 9.17) is 4.74 Å². The number of hydrogen-bond donors (Lipinski definition) is 3. The largest absolute Gasteiger partial charge is 0.497 e. The monoisotopic (exact) mass is 353 g/mol. The van der Waals surface area contributed by atoms with Crippen molar-refractivity contribution in [2.24, 2.45) is 0 Å². The topological polar surface area (TPSA) is 79.5 Å². The Kier molecular flexibility index (Phi) is 5.86. The van der Waals surface area contributed by atoms with Gasteiger partial charge < -0.3 is 20.7 Å². The smallest absolute Gasteiger partial charge is 0.255 e. The molecule has 1 heterocycles. The first-order valence-electron chi connectivity index (χ1n) is 8.73. The fourth-order valence-electron chi connectivity index (χ4n) is 2.95. The third-order valence-corrected chi connectivity index (χ3v) is 4.37. The second-order valence-electron chi connectivity index (χ2n) is 6.31. The molecule has 1 aliphatic rings. The minimum Gasteiger partial charge on any atom is -0.497 e. The van der Waals surface area contributed by atoms with Crippen molar-refractivity contribution in [3.8, 4) is 5.75 Å². The quantitative estimate of drug-likeness (QED) is 0.746. The molecule has 1 saturated heterocycles. The number of carbonyl (C=O) groups excluding carboxylic acids is 2. The molecule has 1 atom stereocenters. The molecule has 6 nitrogen and oxygen atoms in total. The summed E-state index contributed by atoms with van der Waals surface area (Å²) in [6, 6.07) is 14.3. The van der Waals surface area contributed by atoms with E-state index in [9.17, 15) is 9.59 Å². The van der Waals surface area contributed by atoms with E-state index >= 15 is 0 Å². The van der Waals surface area contributed by atoms with E-state index in [1.165, 1.54) is 0 Å². The summed E-state index contributed by atoms with van der Waals surface area (Å²) >= 11 is 0. The number of ether oxygens (including phenoxy) is 1. The molecule has 2 aromatic rings. The van der Waals surface area contributed by atoms with Gasteiger partial charge in [0.25, 0.3) is 5.91 Å². The Bertz CT molecular complexity index is 751. The number of rotatable bonds is 6. The Balaban J connectivity index is 1.54. The zero-order chi connectivity index (χ0) is 18.4. The van der Waals surface area contributed by atoms with Crippen LogP contribution in [0.3, 0.4) is 0 Å². The Morgan fingerprint density at radius 2 is 1.69 bits per heavy atom. The summed E-state index contributed by atoms with van der Waals surface area (Å²) in [7, 11) is 1.60. The van der Waals surface area contributed by atoms with E-state index in [0.29, 0.717) is 23.4 Å². The van der Waals surface area contributed by atoms with Gasteiger partial charge in [0.15, 0.2) is 0 Å². The number of methoxy groups -OCH3 is 1. The number of carbonyl (C=O) groups is 2. The first-order valence-corrected chi connectivity index (χ1v) is 8.73. The molecule has 2 amide bonds. The fourth-order valence-corrected chi connectivity index (χ4v) is 2.95. The van der Waals surface area contributed by atoms with E-state index in [2.05, 4.69) is 16.0 Å². The maximum absolute atomic E-state index is 12.3. The van der Waals surface area contributed by atoms with Gasteiger partial charge in [-0.25, -0.2) is 0 Å². The first kappa shape index (κ1) is 17.9. The second-order valence-corrected chi connectivity index (χ2v) is 6.31. The Labute approximate surface area is 152 Å². The van der Waals surface area contributed by atoms with E-state index in [-0.39, 0.29) is 17.9 Å². The third kappa shape index (κ3) is 4.83. The van der Waals surface area contributed by atoms with Crippen LogP contribution in [0.1, 0.15) is 29.6 Å². The fraction of sp³-hybridized carbons (Fsp3) is 0.300. The van der Waals surface area contributed by atoms with Crippen LogP contribution in [-0.4, -0.2) is 31.5 Å². The Morgan fingerprint density at radius 3 is 2.31 bits per heavy atom. The molecule has 6 heteroatoms. The van der Waals surface area contributed by atoms with Gasteiger partial charge in [-0.2, -0.15) is 0 Å². The van der Waals surface area contributed by atoms with Crippen LogP contribution in [0, 0.1) is 0 Å². The lowest BCUT2D eigenvalue weighted by molar-refractivity contribution is -0.116. The van der Waals surface area contributed by atoms with Gasteiger partial charge >= 0.3 is 0 Å². The van der Waals surface area contributed by atoms with Crippen LogP contribution < -0.4 is 20.7 Å². The second kappa shape index (κ2) is 8.49. The van der Waals surface area contributed by atoms with Gasteiger partial charge in [0.05, 0.1) is 7.11 Å². The van der Waals surface area contributed by atoms with Gasteiger partial charge in [-0.1, -0.05) is 0 Å². The van der Waals surface area contributed by atoms with Gasteiger partial charge in [-0.05, 0) is 67.9 Å². The van der Waals surface area contributed by atoms with Gasteiger partial charge in [0.1, 0.15) is 5.75 Å². The van der Waals surface area contributed by atoms with Crippen molar-refractivity contribution in [1.82, 2.24) is 5.32 Å². The highest BCUT2D eigenvalue weighted by Crippen LogP contribution is 2.17. The molecule has 26 heavy (non-hydrogen) atoms. The van der Waals surface area contributed by atoms with Crippen molar-refractivity contribution in [2.75, 3.05) is 24.3 Å². The number of anilines is 2. The zero-order valence-corrected chi connectivity index (χ0v) is 14.7. The van der Waals surface area contributed by atoms with Crippen LogP contribution in [0.5, 0.6) is 5.75 Å². The molecule has 0 spiro atoms. The molecule has 0 aliphatic carbocycles. The van der Waals surface area contributed by atoms with Gasteiger partial charge in [-0.3, -0.25) is 9.59 Å². The molecule has 3 N–H and O–H groups in total. The van der Waals surface area contributed by atoms with Crippen LogP contribution in [0.25, 0.3) is 0 Å². The van der Waals surface area contributed by atoms with E-state index < -0.39 is 0 Å². The molecule has 136 valence electrons. The van der Waals surface area contributed by atoms with Crippen LogP contribution in [0.4, 0.5) is 11.4 Å². The third-order valence-electron chi connectivity index (χ3n) is 4.37. The summed E-state index contributed by atoms with van der Waals surface area (Å²) in [6.45, 7) is 0.982. The minimum atomic E-state index is -0.205. The van der Waals surface area contributed by atoms with Crippen LogP contribution in [-0.2, 0) is 4.79 Å². The average molecular weight is 353 g/mol.